The Kier molecular flexibility index (Phi) is 4.46. The van der Waals surface area contributed by atoms with Crippen molar-refractivity contribution in [3.8, 4) is 0 Å². The van der Waals surface area contributed by atoms with E-state index in [1.165, 1.54) is 18.4 Å². The second-order valence-electron chi connectivity index (χ2n) is 6.47. The first-order valence-electron chi connectivity index (χ1n) is 8.62. The molecular formula is C17H24N4OS. The van der Waals surface area contributed by atoms with Crippen LogP contribution >= 0.6 is 11.3 Å². The third kappa shape index (κ3) is 3.20. The summed E-state index contributed by atoms with van der Waals surface area (Å²) in [5.41, 5.74) is 0. The van der Waals surface area contributed by atoms with E-state index in [0.29, 0.717) is 0 Å². The maximum absolute atomic E-state index is 5.45. The van der Waals surface area contributed by atoms with E-state index in [0.717, 1.165) is 68.2 Å². The highest BCUT2D eigenvalue weighted by molar-refractivity contribution is 7.16. The molecule has 0 saturated carbocycles. The van der Waals surface area contributed by atoms with Crippen LogP contribution in [-0.2, 0) is 11.2 Å². The Morgan fingerprint density at radius 2 is 2.13 bits per heavy atom. The molecule has 2 aromatic rings. The molecule has 2 saturated heterocycles. The Bertz CT molecular complexity index is 668. The first-order chi connectivity index (χ1) is 11.3. The molecule has 1 unspecified atom stereocenters. The Balaban J connectivity index is 1.49. The van der Waals surface area contributed by atoms with Gasteiger partial charge in [0, 0.05) is 39.1 Å². The van der Waals surface area contributed by atoms with Crippen LogP contribution in [0.25, 0.3) is 10.2 Å². The lowest BCUT2D eigenvalue weighted by molar-refractivity contribution is 0.0320. The minimum atomic E-state index is 0.738. The SMILES string of the molecule is CCc1nc(N2CCC(CN3CCOCC3)C2)c2ccsc2n1. The molecule has 2 aliphatic heterocycles. The molecule has 124 valence electrons. The summed E-state index contributed by atoms with van der Waals surface area (Å²) in [5, 5.41) is 3.35. The van der Waals surface area contributed by atoms with Gasteiger partial charge in [-0.1, -0.05) is 6.92 Å². The molecule has 0 amide bonds. The van der Waals surface area contributed by atoms with Crippen molar-refractivity contribution in [2.45, 2.75) is 19.8 Å². The molecular weight excluding hydrogens is 308 g/mol. The minimum Gasteiger partial charge on any atom is -0.379 e. The van der Waals surface area contributed by atoms with E-state index in [-0.39, 0.29) is 0 Å². The van der Waals surface area contributed by atoms with Crippen LogP contribution in [0, 0.1) is 5.92 Å². The summed E-state index contributed by atoms with van der Waals surface area (Å²) in [6, 6.07) is 2.17. The van der Waals surface area contributed by atoms with E-state index >= 15 is 0 Å². The van der Waals surface area contributed by atoms with Gasteiger partial charge in [0.2, 0.25) is 0 Å². The van der Waals surface area contributed by atoms with E-state index in [9.17, 15) is 0 Å². The summed E-state index contributed by atoms with van der Waals surface area (Å²) in [6.07, 6.45) is 2.15. The Morgan fingerprint density at radius 3 is 2.96 bits per heavy atom. The zero-order valence-corrected chi connectivity index (χ0v) is 14.5. The van der Waals surface area contributed by atoms with Crippen molar-refractivity contribution in [2.75, 3.05) is 50.8 Å². The topological polar surface area (TPSA) is 41.5 Å². The molecule has 4 heterocycles. The molecule has 0 radical (unpaired) electrons. The molecule has 0 aliphatic carbocycles. The number of hydrogen-bond acceptors (Lipinski definition) is 6. The van der Waals surface area contributed by atoms with Crippen molar-refractivity contribution < 1.29 is 4.74 Å². The normalized spacial score (nSPS) is 23.0. The minimum absolute atomic E-state index is 0.738. The summed E-state index contributed by atoms with van der Waals surface area (Å²) < 4.78 is 5.45. The number of anilines is 1. The van der Waals surface area contributed by atoms with Crippen LogP contribution in [0.3, 0.4) is 0 Å². The third-order valence-electron chi connectivity index (χ3n) is 4.87. The average Bonchev–Trinajstić information content (AvgIpc) is 3.24. The largest absolute Gasteiger partial charge is 0.379 e. The first-order valence-corrected chi connectivity index (χ1v) is 9.50. The molecule has 2 fully saturated rings. The fourth-order valence-electron chi connectivity index (χ4n) is 3.60. The van der Waals surface area contributed by atoms with Crippen LogP contribution in [0.4, 0.5) is 5.82 Å². The molecule has 6 heteroatoms. The molecule has 1 atom stereocenters. The van der Waals surface area contributed by atoms with Gasteiger partial charge in [0.25, 0.3) is 0 Å². The number of aryl methyl sites for hydroxylation is 1. The van der Waals surface area contributed by atoms with Crippen LogP contribution < -0.4 is 4.90 Å². The van der Waals surface area contributed by atoms with E-state index in [2.05, 4.69) is 33.2 Å². The number of rotatable bonds is 4. The van der Waals surface area contributed by atoms with Gasteiger partial charge in [-0.15, -0.1) is 11.3 Å². The predicted octanol–water partition coefficient (Wildman–Crippen LogP) is 2.41. The molecule has 0 aromatic carbocycles. The summed E-state index contributed by atoms with van der Waals surface area (Å²) in [6.45, 7) is 9.48. The number of ether oxygens (including phenoxy) is 1. The monoisotopic (exact) mass is 332 g/mol. The van der Waals surface area contributed by atoms with Gasteiger partial charge in [-0.25, -0.2) is 9.97 Å². The number of aromatic nitrogens is 2. The summed E-state index contributed by atoms with van der Waals surface area (Å²) in [7, 11) is 0. The van der Waals surface area contributed by atoms with Crippen LogP contribution in [0.5, 0.6) is 0 Å². The van der Waals surface area contributed by atoms with Gasteiger partial charge in [0.15, 0.2) is 0 Å². The summed E-state index contributed by atoms with van der Waals surface area (Å²) in [5.74, 6) is 2.85. The second-order valence-corrected chi connectivity index (χ2v) is 7.36. The number of fused-ring (bicyclic) bond motifs is 1. The number of thiophene rings is 1. The van der Waals surface area contributed by atoms with Crippen molar-refractivity contribution in [3.05, 3.63) is 17.3 Å². The van der Waals surface area contributed by atoms with Crippen molar-refractivity contribution in [3.63, 3.8) is 0 Å². The molecule has 0 bridgehead atoms. The average molecular weight is 332 g/mol. The molecule has 23 heavy (non-hydrogen) atoms. The highest BCUT2D eigenvalue weighted by atomic mass is 32.1. The van der Waals surface area contributed by atoms with Gasteiger partial charge in [-0.05, 0) is 23.8 Å². The number of morpholine rings is 1. The Hall–Kier alpha value is -1.24. The molecule has 2 aromatic heterocycles. The van der Waals surface area contributed by atoms with Crippen LogP contribution in [0.1, 0.15) is 19.2 Å². The molecule has 0 spiro atoms. The molecule has 5 nitrogen and oxygen atoms in total. The number of hydrogen-bond donors (Lipinski definition) is 0. The van der Waals surface area contributed by atoms with E-state index in [1.807, 2.05) is 0 Å². The molecule has 2 aliphatic rings. The van der Waals surface area contributed by atoms with Crippen LogP contribution in [0.15, 0.2) is 11.4 Å². The summed E-state index contributed by atoms with van der Waals surface area (Å²) in [4.78, 5) is 15.7. The highest BCUT2D eigenvalue weighted by Gasteiger charge is 2.27. The molecule has 4 rings (SSSR count). The maximum atomic E-state index is 5.45. The van der Waals surface area contributed by atoms with Gasteiger partial charge in [-0.3, -0.25) is 4.90 Å². The van der Waals surface area contributed by atoms with Crippen molar-refractivity contribution >= 4 is 27.4 Å². The smallest absolute Gasteiger partial charge is 0.141 e. The van der Waals surface area contributed by atoms with E-state index in [4.69, 9.17) is 9.72 Å². The quantitative estimate of drug-likeness (QED) is 0.860. The standard InChI is InChI=1S/C17H24N4OS/c1-2-15-18-16(14-4-10-23-17(14)19-15)21-5-3-13(12-21)11-20-6-8-22-9-7-20/h4,10,13H,2-3,5-9,11-12H2,1H3. The first kappa shape index (κ1) is 15.3. The number of nitrogens with zero attached hydrogens (tertiary/aromatic N) is 4. The zero-order valence-electron chi connectivity index (χ0n) is 13.7. The van der Waals surface area contributed by atoms with Crippen molar-refractivity contribution in [1.29, 1.82) is 0 Å². The van der Waals surface area contributed by atoms with Crippen molar-refractivity contribution in [2.24, 2.45) is 5.92 Å². The lowest BCUT2D eigenvalue weighted by atomic mass is 10.1. The Morgan fingerprint density at radius 1 is 1.26 bits per heavy atom. The lowest BCUT2D eigenvalue weighted by Crippen LogP contribution is -2.40. The summed E-state index contributed by atoms with van der Waals surface area (Å²) >= 11 is 1.72. The predicted molar refractivity (Wildman–Crippen MR) is 94.4 cm³/mol. The Labute approximate surface area is 141 Å². The fraction of sp³-hybridized carbons (Fsp3) is 0.647. The second kappa shape index (κ2) is 6.71. The lowest BCUT2D eigenvalue weighted by Gasteiger charge is -2.29. The fourth-order valence-corrected chi connectivity index (χ4v) is 4.38. The van der Waals surface area contributed by atoms with Gasteiger partial charge in [-0.2, -0.15) is 0 Å². The van der Waals surface area contributed by atoms with Crippen LogP contribution in [0.2, 0.25) is 0 Å². The zero-order chi connectivity index (χ0) is 15.6. The van der Waals surface area contributed by atoms with Gasteiger partial charge < -0.3 is 9.64 Å². The highest BCUT2D eigenvalue weighted by Crippen LogP contribution is 2.31. The molecule has 0 N–H and O–H groups in total. The maximum Gasteiger partial charge on any atom is 0.141 e. The van der Waals surface area contributed by atoms with Crippen LogP contribution in [-0.4, -0.2) is 60.8 Å². The van der Waals surface area contributed by atoms with Gasteiger partial charge >= 0.3 is 0 Å². The van der Waals surface area contributed by atoms with Gasteiger partial charge in [0.05, 0.1) is 18.6 Å². The van der Waals surface area contributed by atoms with Gasteiger partial charge in [0.1, 0.15) is 16.5 Å². The third-order valence-corrected chi connectivity index (χ3v) is 5.68. The van der Waals surface area contributed by atoms with E-state index in [1.54, 1.807) is 11.3 Å². The van der Waals surface area contributed by atoms with Crippen molar-refractivity contribution in [1.82, 2.24) is 14.9 Å². The van der Waals surface area contributed by atoms with E-state index < -0.39 is 0 Å².